The van der Waals surface area contributed by atoms with E-state index in [-0.39, 0.29) is 5.54 Å². The van der Waals surface area contributed by atoms with E-state index < -0.39 is 0 Å². The fourth-order valence-corrected chi connectivity index (χ4v) is 4.82. The molecule has 1 atom stereocenters. The Morgan fingerprint density at radius 3 is 2.59 bits per heavy atom. The summed E-state index contributed by atoms with van der Waals surface area (Å²) in [4.78, 5) is 7.43. The third-order valence-corrected chi connectivity index (χ3v) is 5.71. The maximum atomic E-state index is 4.75. The highest BCUT2D eigenvalue weighted by molar-refractivity contribution is 5.61. The Labute approximate surface area is 133 Å². The fraction of sp³-hybridized carbons (Fsp3) is 0.526. The summed E-state index contributed by atoms with van der Waals surface area (Å²) in [5, 5.41) is 0. The van der Waals surface area contributed by atoms with Gasteiger partial charge in [-0.05, 0) is 38.3 Å². The summed E-state index contributed by atoms with van der Waals surface area (Å²) < 4.78 is 2.27. The van der Waals surface area contributed by atoms with E-state index in [9.17, 15) is 0 Å². The maximum Gasteiger partial charge on any atom is 0.0950 e. The zero-order chi connectivity index (χ0) is 15.3. The standard InChI is InChI=1S/C19H25N3/c1-14-9-5-6-10-16(14)22-15(2)17-18(21(3)13-20-17)19(22)11-7-4-8-12-19/h5-6,9-10,13,15H,4,7-8,11-12H2,1-3H3. The Hall–Kier alpha value is -1.77. The highest BCUT2D eigenvalue weighted by Gasteiger charge is 2.52. The first-order chi connectivity index (χ1) is 10.6. The van der Waals surface area contributed by atoms with Gasteiger partial charge in [0.25, 0.3) is 0 Å². The average molecular weight is 295 g/mol. The van der Waals surface area contributed by atoms with Crippen molar-refractivity contribution in [2.24, 2.45) is 7.05 Å². The number of rotatable bonds is 1. The molecule has 1 spiro atoms. The number of hydrogen-bond acceptors (Lipinski definition) is 2. The third kappa shape index (κ3) is 1.71. The van der Waals surface area contributed by atoms with Crippen LogP contribution < -0.4 is 4.90 Å². The first kappa shape index (κ1) is 13.9. The molecule has 2 heterocycles. The molecular weight excluding hydrogens is 270 g/mol. The Bertz CT molecular complexity index is 694. The van der Waals surface area contributed by atoms with Crippen molar-refractivity contribution in [2.75, 3.05) is 4.90 Å². The molecule has 0 saturated heterocycles. The molecule has 116 valence electrons. The van der Waals surface area contributed by atoms with Crippen molar-refractivity contribution in [3.63, 3.8) is 0 Å². The van der Waals surface area contributed by atoms with Crippen LogP contribution in [0.1, 0.15) is 62.0 Å². The van der Waals surface area contributed by atoms with Crippen LogP contribution in [-0.4, -0.2) is 9.55 Å². The number of aryl methyl sites for hydroxylation is 2. The molecule has 1 aromatic heterocycles. The third-order valence-electron chi connectivity index (χ3n) is 5.71. The number of para-hydroxylation sites is 1. The summed E-state index contributed by atoms with van der Waals surface area (Å²) in [5.41, 5.74) is 5.64. The number of hydrogen-bond donors (Lipinski definition) is 0. The van der Waals surface area contributed by atoms with Crippen molar-refractivity contribution >= 4 is 5.69 Å². The van der Waals surface area contributed by atoms with Gasteiger partial charge in [0.2, 0.25) is 0 Å². The number of nitrogens with zero attached hydrogens (tertiary/aromatic N) is 3. The van der Waals surface area contributed by atoms with Gasteiger partial charge in [-0.3, -0.25) is 0 Å². The highest BCUT2D eigenvalue weighted by atomic mass is 15.3. The number of fused-ring (bicyclic) bond motifs is 2. The lowest BCUT2D eigenvalue weighted by atomic mass is 9.79. The van der Waals surface area contributed by atoms with Gasteiger partial charge >= 0.3 is 0 Å². The van der Waals surface area contributed by atoms with E-state index in [4.69, 9.17) is 4.98 Å². The van der Waals surface area contributed by atoms with Gasteiger partial charge in [0.15, 0.2) is 0 Å². The van der Waals surface area contributed by atoms with Gasteiger partial charge < -0.3 is 9.47 Å². The maximum absolute atomic E-state index is 4.75. The van der Waals surface area contributed by atoms with Gasteiger partial charge in [-0.2, -0.15) is 0 Å². The molecule has 1 aliphatic carbocycles. The van der Waals surface area contributed by atoms with Gasteiger partial charge in [0.1, 0.15) is 0 Å². The molecule has 3 nitrogen and oxygen atoms in total. The molecule has 2 aromatic rings. The fourth-order valence-electron chi connectivity index (χ4n) is 4.82. The first-order valence-corrected chi connectivity index (χ1v) is 8.52. The van der Waals surface area contributed by atoms with E-state index >= 15 is 0 Å². The molecule has 4 rings (SSSR count). The molecule has 3 heteroatoms. The SMILES string of the molecule is Cc1ccccc1N1C(C)c2ncn(C)c2C12CCCCC2. The van der Waals surface area contributed by atoms with E-state index in [1.165, 1.54) is 54.7 Å². The summed E-state index contributed by atoms with van der Waals surface area (Å²) in [5.74, 6) is 0. The van der Waals surface area contributed by atoms with Crippen molar-refractivity contribution in [3.8, 4) is 0 Å². The van der Waals surface area contributed by atoms with Crippen molar-refractivity contribution in [3.05, 3.63) is 47.5 Å². The van der Waals surface area contributed by atoms with Crippen LogP contribution in [0.3, 0.4) is 0 Å². The molecule has 2 aliphatic rings. The predicted octanol–water partition coefficient (Wildman–Crippen LogP) is 4.47. The van der Waals surface area contributed by atoms with Crippen molar-refractivity contribution in [2.45, 2.75) is 57.5 Å². The lowest BCUT2D eigenvalue weighted by Gasteiger charge is -2.46. The molecule has 0 radical (unpaired) electrons. The average Bonchev–Trinajstić information content (AvgIpc) is 3.01. The Morgan fingerprint density at radius 1 is 1.14 bits per heavy atom. The van der Waals surface area contributed by atoms with Crippen LogP contribution >= 0.6 is 0 Å². The van der Waals surface area contributed by atoms with Crippen LogP contribution in [0.25, 0.3) is 0 Å². The molecule has 1 fully saturated rings. The van der Waals surface area contributed by atoms with Crippen LogP contribution in [0.15, 0.2) is 30.6 Å². The van der Waals surface area contributed by atoms with E-state index in [0.29, 0.717) is 6.04 Å². The smallest absolute Gasteiger partial charge is 0.0950 e. The van der Waals surface area contributed by atoms with E-state index in [1.807, 2.05) is 6.33 Å². The van der Waals surface area contributed by atoms with Crippen LogP contribution in [-0.2, 0) is 12.6 Å². The summed E-state index contributed by atoms with van der Waals surface area (Å²) >= 11 is 0. The van der Waals surface area contributed by atoms with Gasteiger partial charge in [0, 0.05) is 12.7 Å². The van der Waals surface area contributed by atoms with Gasteiger partial charge in [-0.1, -0.05) is 37.5 Å². The second kappa shape index (κ2) is 4.87. The van der Waals surface area contributed by atoms with Gasteiger partial charge in [0.05, 0.1) is 29.3 Å². The Kier molecular flexibility index (Phi) is 3.07. The monoisotopic (exact) mass is 295 g/mol. The zero-order valence-electron chi connectivity index (χ0n) is 13.8. The number of aromatic nitrogens is 2. The minimum Gasteiger partial charge on any atom is -0.352 e. The van der Waals surface area contributed by atoms with Gasteiger partial charge in [-0.25, -0.2) is 4.98 Å². The van der Waals surface area contributed by atoms with E-state index in [1.54, 1.807) is 0 Å². The molecule has 1 unspecified atom stereocenters. The summed E-state index contributed by atoms with van der Waals surface area (Å²) in [7, 11) is 2.16. The van der Waals surface area contributed by atoms with Crippen LogP contribution in [0, 0.1) is 6.92 Å². The topological polar surface area (TPSA) is 21.1 Å². The van der Waals surface area contributed by atoms with Crippen molar-refractivity contribution in [1.29, 1.82) is 0 Å². The van der Waals surface area contributed by atoms with Crippen LogP contribution in [0.2, 0.25) is 0 Å². The normalized spacial score (nSPS) is 23.0. The largest absolute Gasteiger partial charge is 0.352 e. The van der Waals surface area contributed by atoms with Crippen molar-refractivity contribution < 1.29 is 0 Å². The molecular formula is C19H25N3. The second-order valence-electron chi connectivity index (χ2n) is 7.01. The van der Waals surface area contributed by atoms with E-state index in [0.717, 1.165) is 0 Å². The minimum absolute atomic E-state index is 0.143. The molecule has 0 bridgehead atoms. The minimum atomic E-state index is 0.143. The van der Waals surface area contributed by atoms with Crippen molar-refractivity contribution in [1.82, 2.24) is 9.55 Å². The number of benzene rings is 1. The highest BCUT2D eigenvalue weighted by Crippen LogP contribution is 2.55. The molecule has 1 aliphatic heterocycles. The van der Waals surface area contributed by atoms with Crippen LogP contribution in [0.4, 0.5) is 5.69 Å². The Morgan fingerprint density at radius 2 is 1.86 bits per heavy atom. The Balaban J connectivity index is 1.92. The number of anilines is 1. The summed E-state index contributed by atoms with van der Waals surface area (Å²) in [6, 6.07) is 9.18. The summed E-state index contributed by atoms with van der Waals surface area (Å²) in [6.45, 7) is 4.55. The molecule has 1 saturated carbocycles. The molecule has 0 amide bonds. The lowest BCUT2D eigenvalue weighted by molar-refractivity contribution is 0.272. The number of imidazole rings is 1. The molecule has 22 heavy (non-hydrogen) atoms. The molecule has 1 aromatic carbocycles. The summed E-state index contributed by atoms with van der Waals surface area (Å²) in [6.07, 6.45) is 8.51. The second-order valence-corrected chi connectivity index (χ2v) is 7.01. The van der Waals surface area contributed by atoms with E-state index in [2.05, 4.69) is 54.6 Å². The predicted molar refractivity (Wildman–Crippen MR) is 90.0 cm³/mol. The van der Waals surface area contributed by atoms with Crippen LogP contribution in [0.5, 0.6) is 0 Å². The quantitative estimate of drug-likeness (QED) is 0.774. The first-order valence-electron chi connectivity index (χ1n) is 8.52. The molecule has 0 N–H and O–H groups in total. The van der Waals surface area contributed by atoms with Gasteiger partial charge in [-0.15, -0.1) is 0 Å². The lowest BCUT2D eigenvalue weighted by Crippen LogP contribution is -2.45. The zero-order valence-corrected chi connectivity index (χ0v) is 13.8.